The molecule has 0 fully saturated rings. The van der Waals surface area contributed by atoms with E-state index < -0.39 is 33.3 Å². The van der Waals surface area contributed by atoms with Gasteiger partial charge in [0.2, 0.25) is 0 Å². The number of nitrogens with one attached hydrogen (secondary N) is 1. The Morgan fingerprint density at radius 2 is 1.80 bits per heavy atom. The van der Waals surface area contributed by atoms with Crippen molar-refractivity contribution in [3.63, 3.8) is 0 Å². The summed E-state index contributed by atoms with van der Waals surface area (Å²) >= 11 is 0.870. The summed E-state index contributed by atoms with van der Waals surface area (Å²) in [6, 6.07) is 5.12. The normalized spacial score (nSPS) is 12.4. The van der Waals surface area contributed by atoms with E-state index in [9.17, 15) is 26.0 Å². The molecule has 0 radical (unpaired) electrons. The van der Waals surface area contributed by atoms with Gasteiger partial charge in [0.1, 0.15) is 4.21 Å². The van der Waals surface area contributed by atoms with E-state index in [0.29, 0.717) is 6.07 Å². The molecule has 108 valence electrons. The van der Waals surface area contributed by atoms with Crippen LogP contribution in [0.3, 0.4) is 0 Å². The minimum atomic E-state index is -4.89. The second-order valence-electron chi connectivity index (χ2n) is 3.70. The van der Waals surface area contributed by atoms with Crippen LogP contribution in [0.5, 0.6) is 0 Å². The first kappa shape index (κ1) is 14.8. The number of hydrogen-bond acceptors (Lipinski definition) is 3. The van der Waals surface area contributed by atoms with Crippen molar-refractivity contribution in [2.45, 2.75) is 10.4 Å². The molecule has 0 aliphatic heterocycles. The zero-order valence-corrected chi connectivity index (χ0v) is 11.2. The van der Waals surface area contributed by atoms with Gasteiger partial charge in [-0.25, -0.2) is 12.8 Å². The molecule has 0 bridgehead atoms. The van der Waals surface area contributed by atoms with Crippen molar-refractivity contribution >= 4 is 27.0 Å². The molecule has 0 atom stereocenters. The van der Waals surface area contributed by atoms with Crippen molar-refractivity contribution < 1.29 is 26.0 Å². The molecule has 2 aromatic rings. The van der Waals surface area contributed by atoms with Crippen LogP contribution in [-0.4, -0.2) is 8.42 Å². The van der Waals surface area contributed by atoms with Gasteiger partial charge in [0, 0.05) is 0 Å². The monoisotopic (exact) mass is 325 g/mol. The van der Waals surface area contributed by atoms with E-state index >= 15 is 0 Å². The molecule has 0 unspecified atom stereocenters. The van der Waals surface area contributed by atoms with E-state index in [2.05, 4.69) is 0 Å². The van der Waals surface area contributed by atoms with Gasteiger partial charge in [0.05, 0.1) is 11.3 Å². The number of hydrogen-bond donors (Lipinski definition) is 1. The van der Waals surface area contributed by atoms with Crippen LogP contribution < -0.4 is 4.72 Å². The van der Waals surface area contributed by atoms with E-state index in [1.165, 1.54) is 17.5 Å². The Bertz CT molecular complexity index is 709. The summed E-state index contributed by atoms with van der Waals surface area (Å²) in [6.45, 7) is 0. The first-order valence-corrected chi connectivity index (χ1v) is 7.50. The molecule has 1 heterocycles. The molecule has 1 aromatic carbocycles. The molecule has 0 saturated heterocycles. The molecule has 0 saturated carbocycles. The first-order chi connectivity index (χ1) is 9.22. The fourth-order valence-electron chi connectivity index (χ4n) is 1.44. The minimum Gasteiger partial charge on any atom is -0.276 e. The van der Waals surface area contributed by atoms with Gasteiger partial charge in [0.15, 0.2) is 5.82 Å². The summed E-state index contributed by atoms with van der Waals surface area (Å²) in [6.07, 6.45) is -4.89. The lowest BCUT2D eigenvalue weighted by molar-refractivity contribution is -0.139. The number of thiophene rings is 1. The van der Waals surface area contributed by atoms with Gasteiger partial charge in [-0.1, -0.05) is 12.1 Å². The molecule has 0 aliphatic rings. The molecule has 3 nitrogen and oxygen atoms in total. The van der Waals surface area contributed by atoms with Crippen molar-refractivity contribution in [2.75, 3.05) is 4.72 Å². The average molecular weight is 325 g/mol. The van der Waals surface area contributed by atoms with Crippen LogP contribution in [0, 0.1) is 5.82 Å². The van der Waals surface area contributed by atoms with Crippen LogP contribution in [0.15, 0.2) is 39.9 Å². The van der Waals surface area contributed by atoms with Gasteiger partial charge in [-0.2, -0.15) is 13.2 Å². The van der Waals surface area contributed by atoms with Gasteiger partial charge in [-0.15, -0.1) is 11.3 Å². The highest BCUT2D eigenvalue weighted by Crippen LogP contribution is 2.34. The third kappa shape index (κ3) is 2.93. The molecule has 0 amide bonds. The standard InChI is InChI=1S/C11H7F4NO2S2/c12-10-7(11(13,14)15)3-1-4-8(10)16-20(17,18)9-5-2-6-19-9/h1-6,16H. The maximum absolute atomic E-state index is 13.7. The lowest BCUT2D eigenvalue weighted by Crippen LogP contribution is -2.15. The van der Waals surface area contributed by atoms with Crippen LogP contribution in [0.25, 0.3) is 0 Å². The Kier molecular flexibility index (Phi) is 3.74. The summed E-state index contributed by atoms with van der Waals surface area (Å²) in [5.41, 5.74) is -2.27. The van der Waals surface area contributed by atoms with Crippen LogP contribution >= 0.6 is 11.3 Å². The number of sulfonamides is 1. The molecule has 2 rings (SSSR count). The second-order valence-corrected chi connectivity index (χ2v) is 6.56. The lowest BCUT2D eigenvalue weighted by Gasteiger charge is -2.12. The van der Waals surface area contributed by atoms with Gasteiger partial charge >= 0.3 is 6.18 Å². The van der Waals surface area contributed by atoms with E-state index in [4.69, 9.17) is 0 Å². The highest BCUT2D eigenvalue weighted by molar-refractivity contribution is 7.94. The SMILES string of the molecule is O=S(=O)(Nc1cccc(C(F)(F)F)c1F)c1cccs1. The van der Waals surface area contributed by atoms with Gasteiger partial charge in [-0.3, -0.25) is 4.72 Å². The zero-order chi connectivity index (χ0) is 15.0. The van der Waals surface area contributed by atoms with Gasteiger partial charge < -0.3 is 0 Å². The summed E-state index contributed by atoms with van der Waals surface area (Å²) in [5.74, 6) is -1.65. The predicted octanol–water partition coefficient (Wildman–Crippen LogP) is 3.71. The maximum atomic E-state index is 13.7. The van der Waals surface area contributed by atoms with Crippen molar-refractivity contribution in [1.82, 2.24) is 0 Å². The molecule has 1 N–H and O–H groups in total. The predicted molar refractivity (Wildman–Crippen MR) is 66.5 cm³/mol. The van der Waals surface area contributed by atoms with Gasteiger partial charge in [0.25, 0.3) is 10.0 Å². The molecule has 0 aliphatic carbocycles. The molecular weight excluding hydrogens is 318 g/mol. The van der Waals surface area contributed by atoms with Crippen molar-refractivity contribution in [3.8, 4) is 0 Å². The molecule has 20 heavy (non-hydrogen) atoms. The topological polar surface area (TPSA) is 46.2 Å². The summed E-state index contributed by atoms with van der Waals surface area (Å²) in [7, 11) is -4.09. The third-order valence-corrected chi connectivity index (χ3v) is 5.07. The average Bonchev–Trinajstić information content (AvgIpc) is 2.84. The molecular formula is C11H7F4NO2S2. The molecule has 9 heteroatoms. The van der Waals surface area contributed by atoms with E-state index in [0.717, 1.165) is 23.5 Å². The van der Waals surface area contributed by atoms with Gasteiger partial charge in [-0.05, 0) is 23.6 Å². The van der Waals surface area contributed by atoms with E-state index in [1.54, 1.807) is 0 Å². The fourth-order valence-corrected chi connectivity index (χ4v) is 3.49. The highest BCUT2D eigenvalue weighted by atomic mass is 32.2. The Labute approximate surface area is 115 Å². The van der Waals surface area contributed by atoms with E-state index in [-0.39, 0.29) is 4.21 Å². The Hall–Kier alpha value is -1.61. The molecule has 0 spiro atoms. The Morgan fingerprint density at radius 1 is 1.10 bits per heavy atom. The fraction of sp³-hybridized carbons (Fsp3) is 0.0909. The Morgan fingerprint density at radius 3 is 2.35 bits per heavy atom. The number of halogens is 4. The van der Waals surface area contributed by atoms with Crippen LogP contribution in [0.4, 0.5) is 23.2 Å². The molecule has 1 aromatic heterocycles. The smallest absolute Gasteiger partial charge is 0.276 e. The zero-order valence-electron chi connectivity index (χ0n) is 9.61. The van der Waals surface area contributed by atoms with Crippen molar-refractivity contribution in [1.29, 1.82) is 0 Å². The van der Waals surface area contributed by atoms with E-state index in [1.807, 2.05) is 4.72 Å². The number of alkyl halides is 3. The quantitative estimate of drug-likeness (QED) is 0.875. The summed E-state index contributed by atoms with van der Waals surface area (Å²) in [4.78, 5) is 0. The first-order valence-electron chi connectivity index (χ1n) is 5.14. The third-order valence-electron chi connectivity index (χ3n) is 2.31. The number of benzene rings is 1. The lowest BCUT2D eigenvalue weighted by atomic mass is 10.2. The minimum absolute atomic E-state index is 0.116. The highest BCUT2D eigenvalue weighted by Gasteiger charge is 2.35. The number of rotatable bonds is 3. The van der Waals surface area contributed by atoms with Crippen molar-refractivity contribution in [2.24, 2.45) is 0 Å². The van der Waals surface area contributed by atoms with Crippen molar-refractivity contribution in [3.05, 3.63) is 47.1 Å². The Balaban J connectivity index is 2.41. The second kappa shape index (κ2) is 5.06. The summed E-state index contributed by atoms with van der Waals surface area (Å²) in [5, 5.41) is 1.48. The van der Waals surface area contributed by atoms with Crippen LogP contribution in [0.2, 0.25) is 0 Å². The van der Waals surface area contributed by atoms with Crippen LogP contribution in [0.1, 0.15) is 5.56 Å². The largest absolute Gasteiger partial charge is 0.419 e. The van der Waals surface area contributed by atoms with Crippen LogP contribution in [-0.2, 0) is 16.2 Å². The number of anilines is 1. The summed E-state index contributed by atoms with van der Waals surface area (Å²) < 4.78 is 76.6. The maximum Gasteiger partial charge on any atom is 0.419 e.